The second-order valence-corrected chi connectivity index (χ2v) is 11.4. The number of rotatable bonds is 4. The molecule has 0 amide bonds. The summed E-state index contributed by atoms with van der Waals surface area (Å²) in [7, 11) is 0. The van der Waals surface area contributed by atoms with E-state index in [0.29, 0.717) is 17.5 Å². The molecule has 0 spiro atoms. The summed E-state index contributed by atoms with van der Waals surface area (Å²) in [5.74, 6) is 1.99. The second kappa shape index (κ2) is 9.06. The van der Waals surface area contributed by atoms with E-state index in [-0.39, 0.29) is 0 Å². The van der Waals surface area contributed by atoms with Gasteiger partial charge in [0.25, 0.3) is 0 Å². The van der Waals surface area contributed by atoms with Crippen LogP contribution in [0.15, 0.2) is 133 Å². The van der Waals surface area contributed by atoms with Gasteiger partial charge in [-0.15, -0.1) is 11.3 Å². The van der Waals surface area contributed by atoms with Crippen LogP contribution in [0.2, 0.25) is 0 Å². The number of nitrogens with zero attached hydrogens (tertiary/aromatic N) is 4. The SMILES string of the molecule is c1ccc(-c2nc(-c3ccccc3)nc(-c3ccc(-c4cc5c6ccccc6n6c7sccc7c(c4)c56)cc3)n2)cc1. The van der Waals surface area contributed by atoms with E-state index in [1.807, 2.05) is 60.7 Å². The lowest BCUT2D eigenvalue weighted by molar-refractivity contribution is 1.07. The Morgan fingerprint density at radius 1 is 0.429 bits per heavy atom. The Bertz CT molecular complexity index is 2330. The van der Waals surface area contributed by atoms with E-state index in [4.69, 9.17) is 15.0 Å². The van der Waals surface area contributed by atoms with Gasteiger partial charge in [-0.1, -0.05) is 103 Å². The molecule has 0 aliphatic rings. The van der Waals surface area contributed by atoms with Gasteiger partial charge in [0.2, 0.25) is 0 Å². The normalized spacial score (nSPS) is 11.8. The highest BCUT2D eigenvalue weighted by atomic mass is 32.1. The van der Waals surface area contributed by atoms with Crippen LogP contribution < -0.4 is 0 Å². The highest BCUT2D eigenvalue weighted by molar-refractivity contribution is 7.17. The highest BCUT2D eigenvalue weighted by Crippen LogP contribution is 2.43. The number of hydrogen-bond donors (Lipinski definition) is 0. The Hall–Kier alpha value is -5.39. The lowest BCUT2D eigenvalue weighted by Crippen LogP contribution is -2.00. The van der Waals surface area contributed by atoms with Crippen molar-refractivity contribution in [3.05, 3.63) is 133 Å². The Balaban J connectivity index is 1.19. The number of hydrogen-bond acceptors (Lipinski definition) is 4. The standard InChI is InChI=1S/C37H22N4S/c1-3-9-24(10-4-1)34-38-35(25-11-5-2-6-12-25)40-36(39-34)26-17-15-23(16-18-26)27-21-30-28-13-7-8-14-32(28)41-33(30)31(22-27)29-19-20-42-37(29)41/h1-22H. The van der Waals surface area contributed by atoms with Crippen LogP contribution in [0.25, 0.3) is 82.7 Å². The van der Waals surface area contributed by atoms with Crippen molar-refractivity contribution in [2.75, 3.05) is 0 Å². The van der Waals surface area contributed by atoms with Crippen LogP contribution in [-0.4, -0.2) is 19.4 Å². The van der Waals surface area contributed by atoms with Gasteiger partial charge in [-0.05, 0) is 40.8 Å². The number of para-hydroxylation sites is 1. The third-order valence-electron chi connectivity index (χ3n) is 8.08. The summed E-state index contributed by atoms with van der Waals surface area (Å²) in [6.07, 6.45) is 0. The fraction of sp³-hybridized carbons (Fsp3) is 0. The highest BCUT2D eigenvalue weighted by Gasteiger charge is 2.19. The van der Waals surface area contributed by atoms with Crippen molar-refractivity contribution in [3.8, 4) is 45.3 Å². The molecule has 0 aliphatic carbocycles. The summed E-state index contributed by atoms with van der Waals surface area (Å²) in [6.45, 7) is 0. The van der Waals surface area contributed by atoms with Gasteiger partial charge in [-0.25, -0.2) is 15.0 Å². The first-order valence-corrected chi connectivity index (χ1v) is 14.8. The molecular weight excluding hydrogens is 533 g/mol. The summed E-state index contributed by atoms with van der Waals surface area (Å²) in [5, 5.41) is 7.40. The van der Waals surface area contributed by atoms with E-state index >= 15 is 0 Å². The van der Waals surface area contributed by atoms with Gasteiger partial charge in [0.1, 0.15) is 4.83 Å². The van der Waals surface area contributed by atoms with Crippen LogP contribution >= 0.6 is 11.3 Å². The van der Waals surface area contributed by atoms with Gasteiger partial charge in [0.15, 0.2) is 17.5 Å². The van der Waals surface area contributed by atoms with Crippen LogP contribution in [0.5, 0.6) is 0 Å². The topological polar surface area (TPSA) is 43.1 Å². The van der Waals surface area contributed by atoms with E-state index in [1.165, 1.54) is 43.0 Å². The lowest BCUT2D eigenvalue weighted by Gasteiger charge is -2.09. The number of benzene rings is 5. The zero-order chi connectivity index (χ0) is 27.6. The zero-order valence-corrected chi connectivity index (χ0v) is 23.2. The molecule has 0 saturated heterocycles. The number of thiophene rings is 1. The van der Waals surface area contributed by atoms with Crippen molar-refractivity contribution in [2.45, 2.75) is 0 Å². The Morgan fingerprint density at radius 3 is 1.60 bits per heavy atom. The summed E-state index contributed by atoms with van der Waals surface area (Å²) in [5.41, 5.74) is 7.83. The Kier molecular flexibility index (Phi) is 5.03. The largest absolute Gasteiger partial charge is 0.300 e. The molecule has 196 valence electrons. The summed E-state index contributed by atoms with van der Waals surface area (Å²) in [6, 6.07) is 44.4. The van der Waals surface area contributed by atoms with Crippen LogP contribution in [0.3, 0.4) is 0 Å². The predicted molar refractivity (Wildman–Crippen MR) is 174 cm³/mol. The van der Waals surface area contributed by atoms with Crippen LogP contribution in [0.1, 0.15) is 0 Å². The molecule has 4 aromatic heterocycles. The maximum Gasteiger partial charge on any atom is 0.164 e. The van der Waals surface area contributed by atoms with E-state index in [1.54, 1.807) is 11.3 Å². The molecule has 0 unspecified atom stereocenters. The van der Waals surface area contributed by atoms with E-state index in [9.17, 15) is 0 Å². The molecule has 9 aromatic rings. The van der Waals surface area contributed by atoms with Gasteiger partial charge in [-0.3, -0.25) is 4.40 Å². The van der Waals surface area contributed by atoms with Gasteiger partial charge >= 0.3 is 0 Å². The molecule has 5 aromatic carbocycles. The molecule has 4 nitrogen and oxygen atoms in total. The third kappa shape index (κ3) is 3.51. The molecule has 0 atom stereocenters. The minimum Gasteiger partial charge on any atom is -0.300 e. The van der Waals surface area contributed by atoms with Crippen LogP contribution in [-0.2, 0) is 0 Å². The molecule has 0 saturated carbocycles. The predicted octanol–water partition coefficient (Wildman–Crippen LogP) is 9.75. The molecule has 5 heteroatoms. The van der Waals surface area contributed by atoms with Gasteiger partial charge in [-0.2, -0.15) is 0 Å². The van der Waals surface area contributed by atoms with Crippen molar-refractivity contribution in [2.24, 2.45) is 0 Å². The Labute approximate surface area is 245 Å². The van der Waals surface area contributed by atoms with Crippen LogP contribution in [0.4, 0.5) is 0 Å². The fourth-order valence-electron chi connectivity index (χ4n) is 6.11. The molecule has 42 heavy (non-hydrogen) atoms. The monoisotopic (exact) mass is 554 g/mol. The van der Waals surface area contributed by atoms with Crippen molar-refractivity contribution < 1.29 is 0 Å². The lowest BCUT2D eigenvalue weighted by atomic mass is 9.99. The summed E-state index contributed by atoms with van der Waals surface area (Å²) >= 11 is 1.81. The molecule has 4 heterocycles. The first-order chi connectivity index (χ1) is 20.8. The summed E-state index contributed by atoms with van der Waals surface area (Å²) < 4.78 is 2.43. The Morgan fingerprint density at radius 2 is 0.952 bits per heavy atom. The van der Waals surface area contributed by atoms with Crippen molar-refractivity contribution in [3.63, 3.8) is 0 Å². The molecule has 9 rings (SSSR count). The van der Waals surface area contributed by atoms with Crippen LogP contribution in [0, 0.1) is 0 Å². The molecule has 0 aliphatic heterocycles. The maximum atomic E-state index is 4.90. The van der Waals surface area contributed by atoms with E-state index < -0.39 is 0 Å². The molecule has 0 N–H and O–H groups in total. The quantitative estimate of drug-likeness (QED) is 0.217. The van der Waals surface area contributed by atoms with Gasteiger partial charge in [0.05, 0.1) is 11.0 Å². The second-order valence-electron chi connectivity index (χ2n) is 10.5. The average molecular weight is 555 g/mol. The van der Waals surface area contributed by atoms with Gasteiger partial charge < -0.3 is 0 Å². The van der Waals surface area contributed by atoms with Crippen molar-refractivity contribution in [1.29, 1.82) is 0 Å². The van der Waals surface area contributed by atoms with Crippen molar-refractivity contribution in [1.82, 2.24) is 19.4 Å². The fourth-order valence-corrected chi connectivity index (χ4v) is 7.04. The smallest absolute Gasteiger partial charge is 0.164 e. The maximum absolute atomic E-state index is 4.90. The van der Waals surface area contributed by atoms with Crippen molar-refractivity contribution >= 4 is 48.7 Å². The van der Waals surface area contributed by atoms with E-state index in [0.717, 1.165) is 22.3 Å². The molecule has 0 bridgehead atoms. The molecule has 0 fully saturated rings. The third-order valence-corrected chi connectivity index (χ3v) is 8.98. The summed E-state index contributed by atoms with van der Waals surface area (Å²) in [4.78, 5) is 15.9. The first-order valence-electron chi connectivity index (χ1n) is 13.9. The molecular formula is C37H22N4S. The zero-order valence-electron chi connectivity index (χ0n) is 22.4. The molecule has 0 radical (unpaired) electrons. The first kappa shape index (κ1) is 23.3. The number of aromatic nitrogens is 4. The number of fused-ring (bicyclic) bond motifs is 6. The minimum atomic E-state index is 0.661. The minimum absolute atomic E-state index is 0.661. The van der Waals surface area contributed by atoms with Gasteiger partial charge in [0, 0.05) is 38.2 Å². The van der Waals surface area contributed by atoms with E-state index in [2.05, 4.69) is 76.5 Å². The average Bonchev–Trinajstić information content (AvgIpc) is 3.76.